The van der Waals surface area contributed by atoms with E-state index in [1.54, 1.807) is 13.0 Å². The van der Waals surface area contributed by atoms with Crippen molar-refractivity contribution in [3.05, 3.63) is 18.2 Å². The predicted octanol–water partition coefficient (Wildman–Crippen LogP) is 1.32. The molecule has 1 saturated heterocycles. The maximum absolute atomic E-state index is 12.2. The number of thioether (sulfide) groups is 1. The van der Waals surface area contributed by atoms with E-state index in [9.17, 15) is 8.42 Å². The fourth-order valence-electron chi connectivity index (χ4n) is 2.03. The summed E-state index contributed by atoms with van der Waals surface area (Å²) in [6.07, 6.45) is 6.29. The molecule has 1 unspecified atom stereocenters. The highest BCUT2D eigenvalue weighted by Gasteiger charge is 2.20. The molecule has 2 heterocycles. The fourth-order valence-corrected chi connectivity index (χ4v) is 4.04. The summed E-state index contributed by atoms with van der Waals surface area (Å²) < 4.78 is 26.8. The summed E-state index contributed by atoms with van der Waals surface area (Å²) in [5.74, 6) is 5.22. The first-order chi connectivity index (χ1) is 10.0. The number of hydrogen-bond donors (Lipinski definition) is 1. The summed E-state index contributed by atoms with van der Waals surface area (Å²) in [5.41, 5.74) is 0. The Balaban J connectivity index is 2.22. The predicted molar refractivity (Wildman–Crippen MR) is 87.0 cm³/mol. The van der Waals surface area contributed by atoms with Crippen LogP contribution < -0.4 is 9.62 Å². The number of pyridine rings is 1. The van der Waals surface area contributed by atoms with Gasteiger partial charge >= 0.3 is 0 Å². The molecule has 114 valence electrons. The van der Waals surface area contributed by atoms with Gasteiger partial charge in [-0.2, -0.15) is 16.5 Å². The molecule has 0 amide bonds. The Kier molecular flexibility index (Phi) is 5.51. The van der Waals surface area contributed by atoms with Gasteiger partial charge in [0.15, 0.2) is 5.03 Å². The quantitative estimate of drug-likeness (QED) is 0.846. The molecule has 0 spiro atoms. The van der Waals surface area contributed by atoms with Gasteiger partial charge in [-0.1, -0.05) is 12.0 Å². The Morgan fingerprint density at radius 2 is 2.24 bits per heavy atom. The van der Waals surface area contributed by atoms with Crippen molar-refractivity contribution in [1.82, 2.24) is 9.71 Å². The molecule has 0 aliphatic carbocycles. The van der Waals surface area contributed by atoms with Crippen molar-refractivity contribution in [3.8, 4) is 12.3 Å². The minimum atomic E-state index is -3.68. The summed E-state index contributed by atoms with van der Waals surface area (Å²) in [6.45, 7) is 3.40. The molecule has 1 aromatic rings. The second-order valence-corrected chi connectivity index (χ2v) is 7.68. The Labute approximate surface area is 130 Å². The first kappa shape index (κ1) is 16.1. The summed E-state index contributed by atoms with van der Waals surface area (Å²) in [7, 11) is -3.68. The maximum atomic E-state index is 12.2. The van der Waals surface area contributed by atoms with Crippen LogP contribution in [0.4, 0.5) is 5.82 Å². The summed E-state index contributed by atoms with van der Waals surface area (Å²) in [6, 6.07) is 4.49. The van der Waals surface area contributed by atoms with Crippen LogP contribution in [0.2, 0.25) is 0 Å². The number of terminal acetylenes is 1. The fraction of sp³-hybridized carbons (Fsp3) is 0.500. The second-order valence-electron chi connectivity index (χ2n) is 4.80. The topological polar surface area (TPSA) is 62.3 Å². The van der Waals surface area contributed by atoms with Crippen LogP contribution in [0.1, 0.15) is 13.3 Å². The van der Waals surface area contributed by atoms with Gasteiger partial charge in [0.2, 0.25) is 0 Å². The zero-order valence-corrected chi connectivity index (χ0v) is 13.6. The van der Waals surface area contributed by atoms with E-state index in [0.29, 0.717) is 5.82 Å². The highest BCUT2D eigenvalue weighted by Crippen LogP contribution is 2.18. The average molecular weight is 325 g/mol. The third-order valence-electron chi connectivity index (χ3n) is 3.11. The SMILES string of the molecule is C#CC(C)NS(=O)(=O)c1cccc(N2CCCSCC2)n1. The monoisotopic (exact) mass is 325 g/mol. The lowest BCUT2D eigenvalue weighted by Gasteiger charge is -2.21. The molecule has 1 atom stereocenters. The van der Waals surface area contributed by atoms with Crippen LogP contribution in [0.5, 0.6) is 0 Å². The van der Waals surface area contributed by atoms with E-state index < -0.39 is 16.1 Å². The molecule has 0 bridgehead atoms. The maximum Gasteiger partial charge on any atom is 0.259 e. The van der Waals surface area contributed by atoms with Crippen molar-refractivity contribution in [1.29, 1.82) is 0 Å². The van der Waals surface area contributed by atoms with Crippen LogP contribution in [-0.4, -0.2) is 44.0 Å². The Bertz CT molecular complexity index is 617. The summed E-state index contributed by atoms with van der Waals surface area (Å²) in [4.78, 5) is 6.42. The first-order valence-electron chi connectivity index (χ1n) is 6.81. The molecule has 21 heavy (non-hydrogen) atoms. The molecule has 1 fully saturated rings. The van der Waals surface area contributed by atoms with Crippen molar-refractivity contribution in [2.75, 3.05) is 29.5 Å². The molecular weight excluding hydrogens is 306 g/mol. The molecule has 2 rings (SSSR count). The highest BCUT2D eigenvalue weighted by atomic mass is 32.2. The van der Waals surface area contributed by atoms with Crippen LogP contribution in [0, 0.1) is 12.3 Å². The first-order valence-corrected chi connectivity index (χ1v) is 9.45. The largest absolute Gasteiger partial charge is 0.356 e. The Morgan fingerprint density at radius 1 is 1.43 bits per heavy atom. The number of rotatable bonds is 4. The second kappa shape index (κ2) is 7.16. The zero-order valence-electron chi connectivity index (χ0n) is 11.9. The molecule has 1 aromatic heterocycles. The Morgan fingerprint density at radius 3 is 3.00 bits per heavy atom. The van der Waals surface area contributed by atoms with E-state index in [4.69, 9.17) is 6.42 Å². The normalized spacial score (nSPS) is 17.8. The molecule has 1 aliphatic heterocycles. The lowest BCUT2D eigenvalue weighted by Crippen LogP contribution is -2.32. The molecule has 5 nitrogen and oxygen atoms in total. The van der Waals surface area contributed by atoms with Crippen LogP contribution in [-0.2, 0) is 10.0 Å². The van der Waals surface area contributed by atoms with Gasteiger partial charge in [0, 0.05) is 18.8 Å². The van der Waals surface area contributed by atoms with Gasteiger partial charge in [-0.15, -0.1) is 6.42 Å². The van der Waals surface area contributed by atoms with Crippen molar-refractivity contribution >= 4 is 27.6 Å². The molecule has 0 saturated carbocycles. The molecule has 1 N–H and O–H groups in total. The van der Waals surface area contributed by atoms with E-state index in [2.05, 4.69) is 20.5 Å². The van der Waals surface area contributed by atoms with Crippen LogP contribution in [0.25, 0.3) is 0 Å². The van der Waals surface area contributed by atoms with Gasteiger partial charge in [-0.25, -0.2) is 13.4 Å². The lowest BCUT2D eigenvalue weighted by atomic mass is 10.3. The molecule has 7 heteroatoms. The van der Waals surface area contributed by atoms with Gasteiger partial charge in [0.1, 0.15) is 5.82 Å². The summed E-state index contributed by atoms with van der Waals surface area (Å²) in [5, 5.41) is 0.0130. The van der Waals surface area contributed by atoms with Crippen molar-refractivity contribution in [2.45, 2.75) is 24.4 Å². The number of aromatic nitrogens is 1. The third-order valence-corrected chi connectivity index (χ3v) is 5.60. The van der Waals surface area contributed by atoms with Gasteiger partial charge < -0.3 is 4.90 Å². The number of sulfonamides is 1. The number of anilines is 1. The number of nitrogens with one attached hydrogen (secondary N) is 1. The number of hydrogen-bond acceptors (Lipinski definition) is 5. The van der Waals surface area contributed by atoms with Gasteiger partial charge in [0.05, 0.1) is 6.04 Å². The van der Waals surface area contributed by atoms with Gasteiger partial charge in [-0.05, 0) is 31.2 Å². The number of nitrogens with zero attached hydrogens (tertiary/aromatic N) is 2. The zero-order chi connectivity index (χ0) is 15.3. The van der Waals surface area contributed by atoms with Gasteiger partial charge in [0.25, 0.3) is 10.0 Å². The van der Waals surface area contributed by atoms with E-state index >= 15 is 0 Å². The molecule has 0 radical (unpaired) electrons. The molecule has 0 aromatic carbocycles. The average Bonchev–Trinajstić information content (AvgIpc) is 2.76. The summed E-state index contributed by atoms with van der Waals surface area (Å²) >= 11 is 1.91. The van der Waals surface area contributed by atoms with Crippen LogP contribution in [0.3, 0.4) is 0 Å². The molecule has 1 aliphatic rings. The van der Waals surface area contributed by atoms with Crippen molar-refractivity contribution in [3.63, 3.8) is 0 Å². The highest BCUT2D eigenvalue weighted by molar-refractivity contribution is 7.99. The van der Waals surface area contributed by atoms with E-state index in [1.165, 1.54) is 6.07 Å². The minimum Gasteiger partial charge on any atom is -0.356 e. The standard InChI is InChI=1S/C14H19N3O2S2/c1-3-12(2)16-21(18,19)14-7-4-6-13(15-14)17-8-5-10-20-11-9-17/h1,4,6-7,12,16H,5,8-11H2,2H3. The third kappa shape index (κ3) is 4.37. The minimum absolute atomic E-state index is 0.0130. The Hall–Kier alpha value is -1.23. The van der Waals surface area contributed by atoms with Crippen LogP contribution in [0.15, 0.2) is 23.2 Å². The van der Waals surface area contributed by atoms with Crippen molar-refractivity contribution < 1.29 is 8.42 Å². The van der Waals surface area contributed by atoms with E-state index in [-0.39, 0.29) is 5.03 Å². The van der Waals surface area contributed by atoms with E-state index in [1.807, 2.05) is 17.8 Å². The molecular formula is C14H19N3O2S2. The van der Waals surface area contributed by atoms with E-state index in [0.717, 1.165) is 31.0 Å². The smallest absolute Gasteiger partial charge is 0.259 e. The lowest BCUT2D eigenvalue weighted by molar-refractivity contribution is 0.573. The van der Waals surface area contributed by atoms with Gasteiger partial charge in [-0.3, -0.25) is 0 Å². The van der Waals surface area contributed by atoms with Crippen molar-refractivity contribution in [2.24, 2.45) is 0 Å². The van der Waals surface area contributed by atoms with Crippen LogP contribution >= 0.6 is 11.8 Å².